The molecule has 1 atom stereocenters. The van der Waals surface area contributed by atoms with Gasteiger partial charge in [-0.25, -0.2) is 4.79 Å². The first kappa shape index (κ1) is 27.7. The third-order valence-electron chi connectivity index (χ3n) is 8.46. The quantitative estimate of drug-likeness (QED) is 0.299. The zero-order valence-electron chi connectivity index (χ0n) is 23.0. The van der Waals surface area contributed by atoms with E-state index >= 15 is 0 Å². The van der Waals surface area contributed by atoms with Crippen molar-refractivity contribution in [1.29, 1.82) is 0 Å². The number of benzene rings is 3. The lowest BCUT2D eigenvalue weighted by Gasteiger charge is -2.52. The number of ether oxygens (including phenoxy) is 3. The highest BCUT2D eigenvalue weighted by atomic mass is 16.6. The number of carbonyl (C=O) groups is 2. The summed E-state index contributed by atoms with van der Waals surface area (Å²) >= 11 is 0. The molecule has 2 N–H and O–H groups in total. The second kappa shape index (κ2) is 11.7. The molecule has 2 bridgehead atoms. The van der Waals surface area contributed by atoms with Crippen molar-refractivity contribution in [3.8, 4) is 11.5 Å². The SMILES string of the molecule is COc1cc(OC)cc(C(=O)NCC[N+]23CCC(CC2)[C@@H](OC(=O)C(O)(c2ccccc2)c2ccccc2)C3)c1. The van der Waals surface area contributed by atoms with Crippen LogP contribution in [0.5, 0.6) is 11.5 Å². The molecule has 6 rings (SSSR count). The number of esters is 1. The second-order valence-corrected chi connectivity index (χ2v) is 10.8. The van der Waals surface area contributed by atoms with Gasteiger partial charge in [0.1, 0.15) is 18.0 Å². The van der Waals surface area contributed by atoms with Crippen molar-refractivity contribution in [1.82, 2.24) is 5.32 Å². The second-order valence-electron chi connectivity index (χ2n) is 10.8. The maximum Gasteiger partial charge on any atom is 0.348 e. The normalized spacial score (nSPS) is 21.9. The number of quaternary nitrogens is 1. The number of carbonyl (C=O) groups excluding carboxylic acids is 2. The minimum absolute atomic E-state index is 0.193. The van der Waals surface area contributed by atoms with Crippen LogP contribution in [0.1, 0.15) is 34.3 Å². The van der Waals surface area contributed by atoms with Crippen LogP contribution in [-0.4, -0.2) is 74.5 Å². The Hall–Kier alpha value is -3.88. The number of methoxy groups -OCH3 is 2. The van der Waals surface area contributed by atoms with E-state index in [0.29, 0.717) is 41.3 Å². The van der Waals surface area contributed by atoms with E-state index in [1.165, 1.54) is 0 Å². The highest BCUT2D eigenvalue weighted by Crippen LogP contribution is 2.38. The molecule has 0 unspecified atom stereocenters. The molecule has 1 amide bonds. The lowest BCUT2D eigenvalue weighted by Crippen LogP contribution is -2.66. The maximum absolute atomic E-state index is 13.7. The Morgan fingerprint density at radius 2 is 1.45 bits per heavy atom. The van der Waals surface area contributed by atoms with Crippen molar-refractivity contribution in [3.05, 3.63) is 95.6 Å². The molecule has 0 spiro atoms. The van der Waals surface area contributed by atoms with Crippen LogP contribution in [0.4, 0.5) is 0 Å². The first-order valence-corrected chi connectivity index (χ1v) is 13.8. The Morgan fingerprint density at radius 1 is 0.900 bits per heavy atom. The Bertz CT molecular complexity index is 1260. The Labute approximate surface area is 235 Å². The first-order valence-electron chi connectivity index (χ1n) is 13.8. The molecule has 3 saturated heterocycles. The first-order chi connectivity index (χ1) is 19.4. The molecule has 8 nitrogen and oxygen atoms in total. The molecule has 8 heteroatoms. The number of nitrogens with zero attached hydrogens (tertiary/aromatic N) is 1. The van der Waals surface area contributed by atoms with Crippen LogP contribution in [0, 0.1) is 5.92 Å². The van der Waals surface area contributed by atoms with Crippen molar-refractivity contribution in [2.75, 3.05) is 46.9 Å². The number of hydrogen-bond acceptors (Lipinski definition) is 6. The summed E-state index contributed by atoms with van der Waals surface area (Å²) in [5.74, 6) is 0.530. The van der Waals surface area contributed by atoms with Gasteiger partial charge < -0.3 is 29.1 Å². The van der Waals surface area contributed by atoms with Crippen LogP contribution in [-0.2, 0) is 15.1 Å². The largest absolute Gasteiger partial charge is 0.497 e. The fraction of sp³-hybridized carbons (Fsp3) is 0.375. The number of piperidine rings is 3. The van der Waals surface area contributed by atoms with Crippen LogP contribution in [0.2, 0.25) is 0 Å². The molecule has 0 radical (unpaired) electrons. The maximum atomic E-state index is 13.7. The van der Waals surface area contributed by atoms with Gasteiger partial charge in [0.2, 0.25) is 5.60 Å². The number of fused-ring (bicyclic) bond motifs is 3. The Kier molecular flexibility index (Phi) is 8.09. The van der Waals surface area contributed by atoms with Gasteiger partial charge in [-0.1, -0.05) is 60.7 Å². The molecule has 3 heterocycles. The summed E-state index contributed by atoms with van der Waals surface area (Å²) in [4.78, 5) is 26.6. The van der Waals surface area contributed by atoms with Gasteiger partial charge in [0.05, 0.1) is 40.4 Å². The Balaban J connectivity index is 1.26. The number of amides is 1. The van der Waals surface area contributed by atoms with Crippen LogP contribution < -0.4 is 14.8 Å². The summed E-state index contributed by atoms with van der Waals surface area (Å²) in [7, 11) is 3.10. The lowest BCUT2D eigenvalue weighted by molar-refractivity contribution is -0.945. The van der Waals surface area contributed by atoms with Crippen molar-refractivity contribution < 1.29 is 33.4 Å². The summed E-state index contributed by atoms with van der Waals surface area (Å²) in [5.41, 5.74) is -0.464. The lowest BCUT2D eigenvalue weighted by atomic mass is 9.82. The van der Waals surface area contributed by atoms with Gasteiger partial charge in [-0.3, -0.25) is 4.79 Å². The van der Waals surface area contributed by atoms with Gasteiger partial charge in [0.25, 0.3) is 5.91 Å². The molecular formula is C32H37N2O6+. The van der Waals surface area contributed by atoms with Gasteiger partial charge in [0.15, 0.2) is 6.10 Å². The number of nitrogens with one attached hydrogen (secondary N) is 1. The fourth-order valence-corrected chi connectivity index (χ4v) is 6.10. The molecule has 40 heavy (non-hydrogen) atoms. The summed E-state index contributed by atoms with van der Waals surface area (Å²) in [6.45, 7) is 3.84. The number of hydrogen-bond donors (Lipinski definition) is 2. The molecule has 3 aromatic carbocycles. The minimum atomic E-state index is -1.90. The predicted molar refractivity (Wildman–Crippen MR) is 150 cm³/mol. The summed E-state index contributed by atoms with van der Waals surface area (Å²) in [5, 5.41) is 14.9. The van der Waals surface area contributed by atoms with Gasteiger partial charge >= 0.3 is 5.97 Å². The summed E-state index contributed by atoms with van der Waals surface area (Å²) < 4.78 is 17.5. The van der Waals surface area contributed by atoms with E-state index in [1.54, 1.807) is 80.9 Å². The highest BCUT2D eigenvalue weighted by Gasteiger charge is 2.50. The fourth-order valence-electron chi connectivity index (χ4n) is 6.10. The van der Waals surface area contributed by atoms with Crippen molar-refractivity contribution in [2.24, 2.45) is 5.92 Å². The number of aliphatic hydroxyl groups is 1. The molecule has 3 aromatic rings. The van der Waals surface area contributed by atoms with Crippen molar-refractivity contribution in [3.63, 3.8) is 0 Å². The average molecular weight is 546 g/mol. The molecule has 210 valence electrons. The summed E-state index contributed by atoms with van der Waals surface area (Å²) in [6.07, 6.45) is 1.58. The third kappa shape index (κ3) is 5.55. The van der Waals surface area contributed by atoms with Crippen LogP contribution in [0.15, 0.2) is 78.9 Å². The minimum Gasteiger partial charge on any atom is -0.497 e. The molecular weight excluding hydrogens is 508 g/mol. The van der Waals surface area contributed by atoms with E-state index in [-0.39, 0.29) is 17.9 Å². The molecule has 0 aliphatic carbocycles. The molecule has 3 aliphatic rings. The topological polar surface area (TPSA) is 94.1 Å². The zero-order chi connectivity index (χ0) is 28.2. The Morgan fingerprint density at radius 3 is 1.98 bits per heavy atom. The highest BCUT2D eigenvalue weighted by molar-refractivity contribution is 5.95. The van der Waals surface area contributed by atoms with Crippen LogP contribution in [0.25, 0.3) is 0 Å². The van der Waals surface area contributed by atoms with Crippen LogP contribution in [0.3, 0.4) is 0 Å². The monoisotopic (exact) mass is 545 g/mol. The molecule has 0 aromatic heterocycles. The van der Waals surface area contributed by atoms with E-state index < -0.39 is 11.6 Å². The van der Waals surface area contributed by atoms with Crippen LogP contribution >= 0.6 is 0 Å². The zero-order valence-corrected chi connectivity index (χ0v) is 23.0. The molecule has 0 saturated carbocycles. The summed E-state index contributed by atoms with van der Waals surface area (Å²) in [6, 6.07) is 23.0. The van der Waals surface area contributed by atoms with E-state index in [1.807, 2.05) is 12.1 Å². The number of rotatable bonds is 10. The van der Waals surface area contributed by atoms with E-state index in [2.05, 4.69) is 5.32 Å². The standard InChI is InChI=1S/C32H36N2O6/c1-38-27-19-24(20-28(21-27)39-2)30(35)33-15-18-34-16-13-23(14-17-34)29(22-34)40-31(36)32(37,25-9-5-3-6-10-25)26-11-7-4-8-12-26/h3-12,19-21,23,29,37H,13-18,22H2,1-2H3/p+1/t23?,29-,34?/m0/s1. The third-order valence-corrected chi connectivity index (χ3v) is 8.46. The van der Waals surface area contributed by atoms with Crippen molar-refractivity contribution in [2.45, 2.75) is 24.5 Å². The molecule has 3 fully saturated rings. The molecule has 3 aliphatic heterocycles. The van der Waals surface area contributed by atoms with E-state index in [9.17, 15) is 14.7 Å². The van der Waals surface area contributed by atoms with Gasteiger partial charge in [0, 0.05) is 30.4 Å². The van der Waals surface area contributed by atoms with Crippen molar-refractivity contribution >= 4 is 11.9 Å². The van der Waals surface area contributed by atoms with Gasteiger partial charge in [-0.2, -0.15) is 0 Å². The van der Waals surface area contributed by atoms with E-state index in [4.69, 9.17) is 14.2 Å². The average Bonchev–Trinajstić information content (AvgIpc) is 3.01. The van der Waals surface area contributed by atoms with E-state index in [0.717, 1.165) is 37.0 Å². The van der Waals surface area contributed by atoms with Gasteiger partial charge in [-0.05, 0) is 23.3 Å². The smallest absolute Gasteiger partial charge is 0.348 e. The predicted octanol–water partition coefficient (Wildman–Crippen LogP) is 3.52. The van der Waals surface area contributed by atoms with Gasteiger partial charge in [-0.15, -0.1) is 0 Å².